The molecule has 1 aromatic carbocycles. The van der Waals surface area contributed by atoms with Gasteiger partial charge in [-0.25, -0.2) is 9.07 Å². The number of hydrogen-bond acceptors (Lipinski definition) is 3. The summed E-state index contributed by atoms with van der Waals surface area (Å²) in [4.78, 5) is 24.1. The molecule has 1 unspecified atom stereocenters. The van der Waals surface area contributed by atoms with Gasteiger partial charge >= 0.3 is 0 Å². The van der Waals surface area contributed by atoms with Gasteiger partial charge in [0.1, 0.15) is 11.9 Å². The number of amides is 1. The van der Waals surface area contributed by atoms with Crippen molar-refractivity contribution in [3.63, 3.8) is 0 Å². The summed E-state index contributed by atoms with van der Waals surface area (Å²) in [5.41, 5.74) is 1.42. The lowest BCUT2D eigenvalue weighted by molar-refractivity contribution is -0.119. The number of anilines is 1. The van der Waals surface area contributed by atoms with Crippen molar-refractivity contribution in [2.45, 2.75) is 26.8 Å². The van der Waals surface area contributed by atoms with Crippen LogP contribution in [-0.4, -0.2) is 15.7 Å². The second-order valence-electron chi connectivity index (χ2n) is 4.99. The first-order chi connectivity index (χ1) is 10.3. The molecule has 1 heterocycles. The van der Waals surface area contributed by atoms with Crippen LogP contribution < -0.4 is 10.9 Å². The maximum atomic E-state index is 13.1. The molecule has 1 atom stereocenters. The zero-order valence-corrected chi connectivity index (χ0v) is 13.1. The normalized spacial score (nSPS) is 12.0. The standard InChI is InChI=1S/C15H15ClFN3O2/c1-8-6-14(21)20(19-9(8)2)10(3)15(22)18-11-4-5-13(17)12(16)7-11/h4-7,10H,1-3H3,(H,18,22). The van der Waals surface area contributed by atoms with Crippen LogP contribution in [0.25, 0.3) is 0 Å². The molecule has 0 spiro atoms. The molecular formula is C15H15ClFN3O2. The zero-order chi connectivity index (χ0) is 16.4. The Morgan fingerprint density at radius 3 is 2.68 bits per heavy atom. The molecule has 1 N–H and O–H groups in total. The van der Waals surface area contributed by atoms with Crippen molar-refractivity contribution in [3.8, 4) is 0 Å². The average molecular weight is 324 g/mol. The van der Waals surface area contributed by atoms with Crippen molar-refractivity contribution in [2.75, 3.05) is 5.32 Å². The van der Waals surface area contributed by atoms with E-state index in [-0.39, 0.29) is 10.6 Å². The number of carbonyl (C=O) groups is 1. The van der Waals surface area contributed by atoms with Crippen LogP contribution in [0.2, 0.25) is 5.02 Å². The first kappa shape index (κ1) is 16.2. The molecule has 0 fully saturated rings. The summed E-state index contributed by atoms with van der Waals surface area (Å²) in [7, 11) is 0. The summed E-state index contributed by atoms with van der Waals surface area (Å²) < 4.78 is 14.2. The third kappa shape index (κ3) is 3.33. The molecule has 0 aliphatic rings. The summed E-state index contributed by atoms with van der Waals surface area (Å²) in [5.74, 6) is -1.01. The summed E-state index contributed by atoms with van der Waals surface area (Å²) in [6.07, 6.45) is 0. The predicted molar refractivity (Wildman–Crippen MR) is 82.7 cm³/mol. The van der Waals surface area contributed by atoms with Crippen LogP contribution >= 0.6 is 11.6 Å². The smallest absolute Gasteiger partial charge is 0.267 e. The van der Waals surface area contributed by atoms with Crippen LogP contribution in [0.4, 0.5) is 10.1 Å². The molecule has 7 heteroatoms. The van der Waals surface area contributed by atoms with Crippen LogP contribution in [0.1, 0.15) is 24.2 Å². The van der Waals surface area contributed by atoms with Crippen LogP contribution in [0, 0.1) is 19.7 Å². The molecule has 0 saturated carbocycles. The van der Waals surface area contributed by atoms with Crippen molar-refractivity contribution in [1.82, 2.24) is 9.78 Å². The van der Waals surface area contributed by atoms with Gasteiger partial charge in [-0.2, -0.15) is 5.10 Å². The van der Waals surface area contributed by atoms with E-state index in [1.165, 1.54) is 18.2 Å². The molecule has 2 rings (SSSR count). The summed E-state index contributed by atoms with van der Waals surface area (Å²) in [6.45, 7) is 5.10. The van der Waals surface area contributed by atoms with Gasteiger partial charge in [0.2, 0.25) is 5.91 Å². The van der Waals surface area contributed by atoms with Gasteiger partial charge in [0.15, 0.2) is 0 Å². The van der Waals surface area contributed by atoms with Gasteiger partial charge in [0.25, 0.3) is 5.56 Å². The molecule has 0 saturated heterocycles. The lowest BCUT2D eigenvalue weighted by Gasteiger charge is -2.15. The number of halogens is 2. The molecule has 22 heavy (non-hydrogen) atoms. The van der Waals surface area contributed by atoms with Crippen LogP contribution in [0.3, 0.4) is 0 Å². The van der Waals surface area contributed by atoms with Crippen LogP contribution in [0.15, 0.2) is 29.1 Å². The monoisotopic (exact) mass is 323 g/mol. The number of carbonyl (C=O) groups excluding carboxylic acids is 1. The number of aryl methyl sites for hydroxylation is 2. The van der Waals surface area contributed by atoms with E-state index in [9.17, 15) is 14.0 Å². The molecule has 0 aliphatic carbocycles. The highest BCUT2D eigenvalue weighted by Crippen LogP contribution is 2.20. The van der Waals surface area contributed by atoms with Gasteiger partial charge in [0, 0.05) is 11.8 Å². The Morgan fingerprint density at radius 1 is 1.36 bits per heavy atom. The molecule has 5 nitrogen and oxygen atoms in total. The topological polar surface area (TPSA) is 64.0 Å². The van der Waals surface area contributed by atoms with E-state index >= 15 is 0 Å². The second kappa shape index (κ2) is 6.27. The molecule has 0 aliphatic heterocycles. The lowest BCUT2D eigenvalue weighted by Crippen LogP contribution is -2.33. The molecule has 2 aromatic rings. The molecular weight excluding hydrogens is 309 g/mol. The fraction of sp³-hybridized carbons (Fsp3) is 0.267. The zero-order valence-electron chi connectivity index (χ0n) is 12.4. The van der Waals surface area contributed by atoms with E-state index in [0.717, 1.165) is 16.3 Å². The number of nitrogens with zero attached hydrogens (tertiary/aromatic N) is 2. The summed E-state index contributed by atoms with van der Waals surface area (Å²) in [5, 5.41) is 6.61. The number of hydrogen-bond donors (Lipinski definition) is 1. The average Bonchev–Trinajstić information content (AvgIpc) is 2.46. The molecule has 116 valence electrons. The Kier molecular flexibility index (Phi) is 4.61. The Hall–Kier alpha value is -2.21. The van der Waals surface area contributed by atoms with Gasteiger partial charge in [0.05, 0.1) is 10.7 Å². The third-order valence-corrected chi connectivity index (χ3v) is 3.62. The van der Waals surface area contributed by atoms with E-state index in [4.69, 9.17) is 11.6 Å². The predicted octanol–water partition coefficient (Wildman–Crippen LogP) is 2.85. The van der Waals surface area contributed by atoms with Crippen molar-refractivity contribution in [2.24, 2.45) is 0 Å². The molecule has 1 amide bonds. The Bertz CT molecular complexity index is 789. The first-order valence-electron chi connectivity index (χ1n) is 6.62. The largest absolute Gasteiger partial charge is 0.324 e. The number of rotatable bonds is 3. The number of nitrogens with one attached hydrogen (secondary N) is 1. The van der Waals surface area contributed by atoms with Gasteiger partial charge in [-0.15, -0.1) is 0 Å². The maximum absolute atomic E-state index is 13.1. The van der Waals surface area contributed by atoms with E-state index in [1.54, 1.807) is 20.8 Å². The Morgan fingerprint density at radius 2 is 2.05 bits per heavy atom. The van der Waals surface area contributed by atoms with E-state index in [1.807, 2.05) is 0 Å². The van der Waals surface area contributed by atoms with Crippen molar-refractivity contribution in [1.29, 1.82) is 0 Å². The fourth-order valence-corrected chi connectivity index (χ4v) is 2.04. The second-order valence-corrected chi connectivity index (χ2v) is 5.40. The van der Waals surface area contributed by atoms with E-state index < -0.39 is 17.8 Å². The van der Waals surface area contributed by atoms with Gasteiger partial charge < -0.3 is 5.32 Å². The van der Waals surface area contributed by atoms with Crippen molar-refractivity contribution < 1.29 is 9.18 Å². The summed E-state index contributed by atoms with van der Waals surface area (Å²) in [6, 6.07) is 4.47. The number of aromatic nitrogens is 2. The van der Waals surface area contributed by atoms with E-state index in [0.29, 0.717) is 11.4 Å². The highest BCUT2D eigenvalue weighted by molar-refractivity contribution is 6.31. The molecule has 1 aromatic heterocycles. The third-order valence-electron chi connectivity index (χ3n) is 3.33. The minimum absolute atomic E-state index is 0.0908. The lowest BCUT2D eigenvalue weighted by atomic mass is 10.2. The van der Waals surface area contributed by atoms with Gasteiger partial charge in [-0.3, -0.25) is 9.59 Å². The Labute approximate surface area is 131 Å². The maximum Gasteiger partial charge on any atom is 0.267 e. The number of benzene rings is 1. The van der Waals surface area contributed by atoms with Crippen LogP contribution in [0.5, 0.6) is 0 Å². The Balaban J connectivity index is 2.24. The fourth-order valence-electron chi connectivity index (χ4n) is 1.85. The minimum Gasteiger partial charge on any atom is -0.324 e. The van der Waals surface area contributed by atoms with Crippen molar-refractivity contribution >= 4 is 23.2 Å². The first-order valence-corrected chi connectivity index (χ1v) is 7.00. The summed E-state index contributed by atoms with van der Waals surface area (Å²) >= 11 is 5.66. The SMILES string of the molecule is Cc1cc(=O)n(C(C)C(=O)Nc2ccc(F)c(Cl)c2)nc1C. The quantitative estimate of drug-likeness (QED) is 0.944. The van der Waals surface area contributed by atoms with Crippen molar-refractivity contribution in [3.05, 3.63) is 56.7 Å². The van der Waals surface area contributed by atoms with Gasteiger partial charge in [-0.1, -0.05) is 11.6 Å². The highest BCUT2D eigenvalue weighted by atomic mass is 35.5. The van der Waals surface area contributed by atoms with Crippen LogP contribution in [-0.2, 0) is 4.79 Å². The molecule has 0 radical (unpaired) electrons. The van der Waals surface area contributed by atoms with E-state index in [2.05, 4.69) is 10.4 Å². The minimum atomic E-state index is -0.810. The molecule has 0 bridgehead atoms. The van der Waals surface area contributed by atoms with Gasteiger partial charge in [-0.05, 0) is 44.5 Å². The highest BCUT2D eigenvalue weighted by Gasteiger charge is 2.18.